The van der Waals surface area contributed by atoms with Gasteiger partial charge in [0.05, 0.1) is 11.2 Å². The molecule has 2 heterocycles. The SMILES string of the molecule is O=c1oc2ccccc2n1-c1ccn([O-])c1. The highest BCUT2D eigenvalue weighted by atomic mass is 16.5. The Morgan fingerprint density at radius 1 is 1.19 bits per heavy atom. The number of oxazole rings is 1. The van der Waals surface area contributed by atoms with Crippen LogP contribution in [-0.2, 0) is 0 Å². The summed E-state index contributed by atoms with van der Waals surface area (Å²) in [5.41, 5.74) is 1.66. The molecule has 16 heavy (non-hydrogen) atoms. The van der Waals surface area contributed by atoms with Crippen LogP contribution in [-0.4, -0.2) is 9.30 Å². The zero-order chi connectivity index (χ0) is 11.1. The first-order chi connectivity index (χ1) is 7.75. The lowest BCUT2D eigenvalue weighted by atomic mass is 10.3. The van der Waals surface area contributed by atoms with Crippen molar-refractivity contribution in [2.24, 2.45) is 0 Å². The fraction of sp³-hybridized carbons (Fsp3) is 0. The molecule has 0 aliphatic heterocycles. The van der Waals surface area contributed by atoms with E-state index < -0.39 is 5.76 Å². The molecule has 0 unspecified atom stereocenters. The summed E-state index contributed by atoms with van der Waals surface area (Å²) in [6.07, 6.45) is 2.66. The molecule has 3 rings (SSSR count). The predicted octanol–water partition coefficient (Wildman–Crippen LogP) is 1.73. The van der Waals surface area contributed by atoms with Gasteiger partial charge in [0.15, 0.2) is 5.58 Å². The van der Waals surface area contributed by atoms with Gasteiger partial charge in [0, 0.05) is 12.4 Å². The molecule has 5 heteroatoms. The summed E-state index contributed by atoms with van der Waals surface area (Å²) < 4.78 is 7.07. The minimum atomic E-state index is -0.493. The highest BCUT2D eigenvalue weighted by Crippen LogP contribution is 2.16. The third-order valence-electron chi connectivity index (χ3n) is 2.40. The van der Waals surface area contributed by atoms with Gasteiger partial charge in [0.1, 0.15) is 0 Å². The van der Waals surface area contributed by atoms with Crippen molar-refractivity contribution in [2.45, 2.75) is 0 Å². The molecule has 5 nitrogen and oxygen atoms in total. The molecule has 0 radical (unpaired) electrons. The van der Waals surface area contributed by atoms with Crippen LogP contribution in [0, 0.1) is 5.21 Å². The highest BCUT2D eigenvalue weighted by molar-refractivity contribution is 5.74. The Hall–Kier alpha value is -2.43. The molecule has 0 fully saturated rings. The van der Waals surface area contributed by atoms with Crippen molar-refractivity contribution in [3.05, 3.63) is 58.5 Å². The Labute approximate surface area is 89.7 Å². The largest absolute Gasteiger partial charge is 0.806 e. The van der Waals surface area contributed by atoms with Crippen LogP contribution in [0.2, 0.25) is 0 Å². The van der Waals surface area contributed by atoms with Crippen LogP contribution >= 0.6 is 0 Å². The molecule has 80 valence electrons. The van der Waals surface area contributed by atoms with E-state index in [1.54, 1.807) is 24.3 Å². The third-order valence-corrected chi connectivity index (χ3v) is 2.40. The van der Waals surface area contributed by atoms with Crippen LogP contribution in [0.3, 0.4) is 0 Å². The van der Waals surface area contributed by atoms with Crippen LogP contribution in [0.1, 0.15) is 0 Å². The van der Waals surface area contributed by atoms with E-state index in [9.17, 15) is 10.0 Å². The number of hydrogen-bond donors (Lipinski definition) is 0. The number of rotatable bonds is 1. The fourth-order valence-electron chi connectivity index (χ4n) is 1.71. The number of benzene rings is 1. The molecule has 2 aromatic heterocycles. The molecule has 0 saturated heterocycles. The van der Waals surface area contributed by atoms with Crippen molar-refractivity contribution in [2.75, 3.05) is 0 Å². The molecular formula is C11H7N2O3-. The summed E-state index contributed by atoms with van der Waals surface area (Å²) in [4.78, 5) is 11.6. The smallest absolute Gasteiger partial charge is 0.424 e. The van der Waals surface area contributed by atoms with E-state index in [1.165, 1.54) is 17.0 Å². The summed E-state index contributed by atoms with van der Waals surface area (Å²) in [5, 5.41) is 11.0. The van der Waals surface area contributed by atoms with Crippen molar-refractivity contribution < 1.29 is 4.42 Å². The first-order valence-electron chi connectivity index (χ1n) is 4.72. The maximum Gasteiger partial charge on any atom is 0.424 e. The van der Waals surface area contributed by atoms with Gasteiger partial charge in [-0.2, -0.15) is 0 Å². The number of aromatic nitrogens is 2. The Balaban J connectivity index is 2.39. The second-order valence-electron chi connectivity index (χ2n) is 3.40. The fourth-order valence-corrected chi connectivity index (χ4v) is 1.71. The highest BCUT2D eigenvalue weighted by Gasteiger charge is 2.10. The summed E-state index contributed by atoms with van der Waals surface area (Å²) >= 11 is 0. The van der Waals surface area contributed by atoms with Crippen molar-refractivity contribution in [3.63, 3.8) is 0 Å². The number of nitrogens with zero attached hydrogens (tertiary/aromatic N) is 2. The van der Waals surface area contributed by atoms with Crippen molar-refractivity contribution in [1.29, 1.82) is 0 Å². The second kappa shape index (κ2) is 3.03. The molecule has 0 N–H and O–H groups in total. The Bertz CT molecular complexity index is 705. The Morgan fingerprint density at radius 2 is 2.00 bits per heavy atom. The number of para-hydroxylation sites is 2. The van der Waals surface area contributed by atoms with E-state index in [-0.39, 0.29) is 0 Å². The lowest BCUT2D eigenvalue weighted by molar-refractivity contribution is 0.540. The molecule has 0 atom stereocenters. The summed E-state index contributed by atoms with van der Waals surface area (Å²) in [7, 11) is 0. The zero-order valence-electron chi connectivity index (χ0n) is 8.16. The van der Waals surface area contributed by atoms with Gasteiger partial charge < -0.3 is 14.4 Å². The summed E-state index contributed by atoms with van der Waals surface area (Å²) in [5.74, 6) is -0.493. The molecule has 0 aliphatic rings. The Morgan fingerprint density at radius 3 is 2.75 bits per heavy atom. The average Bonchev–Trinajstić information content (AvgIpc) is 2.80. The quantitative estimate of drug-likeness (QED) is 0.621. The van der Waals surface area contributed by atoms with E-state index in [4.69, 9.17) is 4.42 Å². The molecule has 0 bridgehead atoms. The van der Waals surface area contributed by atoms with Gasteiger partial charge in [-0.1, -0.05) is 12.1 Å². The van der Waals surface area contributed by atoms with Gasteiger partial charge in [-0.3, -0.25) is 0 Å². The van der Waals surface area contributed by atoms with E-state index in [0.717, 1.165) is 0 Å². The number of fused-ring (bicyclic) bond motifs is 1. The molecule has 0 aliphatic carbocycles. The topological polar surface area (TPSA) is 63.1 Å². The van der Waals surface area contributed by atoms with E-state index in [1.807, 2.05) is 6.07 Å². The molecule has 1 aromatic carbocycles. The van der Waals surface area contributed by atoms with Crippen LogP contribution in [0.4, 0.5) is 0 Å². The Kier molecular flexibility index (Phi) is 1.67. The maximum atomic E-state index is 11.6. The molecule has 0 spiro atoms. The first kappa shape index (κ1) is 8.84. The van der Waals surface area contributed by atoms with Crippen molar-refractivity contribution >= 4 is 11.1 Å². The minimum absolute atomic E-state index is 0.493. The van der Waals surface area contributed by atoms with Gasteiger partial charge in [-0.15, -0.1) is 0 Å². The lowest BCUT2D eigenvalue weighted by Crippen LogP contribution is -2.10. The minimum Gasteiger partial charge on any atom is -0.806 e. The van der Waals surface area contributed by atoms with E-state index >= 15 is 0 Å². The summed E-state index contributed by atoms with van der Waals surface area (Å²) in [6, 6.07) is 8.64. The predicted molar refractivity (Wildman–Crippen MR) is 58.6 cm³/mol. The number of hydrogen-bond acceptors (Lipinski definition) is 3. The van der Waals surface area contributed by atoms with Gasteiger partial charge in [0.2, 0.25) is 0 Å². The molecule has 0 saturated carbocycles. The van der Waals surface area contributed by atoms with Crippen LogP contribution < -0.4 is 5.76 Å². The van der Waals surface area contributed by atoms with Gasteiger partial charge in [-0.05, 0) is 18.2 Å². The maximum absolute atomic E-state index is 11.6. The average molecular weight is 215 g/mol. The molecule has 0 amide bonds. The summed E-state index contributed by atoms with van der Waals surface area (Å²) in [6.45, 7) is 0. The standard InChI is InChI=1S/C11H7N2O3/c14-11-13(8-5-6-12(15)7-8)9-3-1-2-4-10(9)16-11/h1-7H/q-1. The van der Waals surface area contributed by atoms with Crippen LogP contribution in [0.15, 0.2) is 51.9 Å². The van der Waals surface area contributed by atoms with Gasteiger partial charge >= 0.3 is 5.76 Å². The monoisotopic (exact) mass is 215 g/mol. The normalized spacial score (nSPS) is 11.0. The third kappa shape index (κ3) is 1.15. The zero-order valence-corrected chi connectivity index (χ0v) is 8.16. The lowest BCUT2D eigenvalue weighted by Gasteiger charge is -2.02. The van der Waals surface area contributed by atoms with E-state index in [2.05, 4.69) is 0 Å². The second-order valence-corrected chi connectivity index (χ2v) is 3.40. The van der Waals surface area contributed by atoms with Gasteiger partial charge in [-0.25, -0.2) is 9.36 Å². The van der Waals surface area contributed by atoms with Crippen LogP contribution in [0.5, 0.6) is 0 Å². The van der Waals surface area contributed by atoms with Gasteiger partial charge in [0.25, 0.3) is 0 Å². The first-order valence-corrected chi connectivity index (χ1v) is 4.72. The van der Waals surface area contributed by atoms with E-state index in [0.29, 0.717) is 21.5 Å². The molecule has 3 aromatic rings. The van der Waals surface area contributed by atoms with Crippen LogP contribution in [0.25, 0.3) is 16.8 Å². The van der Waals surface area contributed by atoms with Crippen molar-refractivity contribution in [3.8, 4) is 5.69 Å². The van der Waals surface area contributed by atoms with Crippen molar-refractivity contribution in [1.82, 2.24) is 9.30 Å². The molecular weight excluding hydrogens is 208 g/mol.